The first-order valence-corrected chi connectivity index (χ1v) is 7.13. The lowest BCUT2D eigenvalue weighted by molar-refractivity contribution is 0.183. The van der Waals surface area contributed by atoms with Crippen LogP contribution in [0, 0.1) is 0 Å². The summed E-state index contributed by atoms with van der Waals surface area (Å²) in [5.41, 5.74) is 0. The van der Waals surface area contributed by atoms with Crippen LogP contribution in [-0.2, 0) is 6.42 Å². The molecule has 0 amide bonds. The molecule has 0 bridgehead atoms. The van der Waals surface area contributed by atoms with Crippen molar-refractivity contribution in [1.82, 2.24) is 0 Å². The predicted molar refractivity (Wildman–Crippen MR) is 70.0 cm³/mol. The molecule has 2 aromatic rings. The molecule has 2 aromatic heterocycles. The molecule has 0 aliphatic carbocycles. The number of thiophene rings is 2. The van der Waals surface area contributed by atoms with Gasteiger partial charge in [-0.05, 0) is 40.2 Å². The molecule has 80 valence electrons. The van der Waals surface area contributed by atoms with Gasteiger partial charge in [0.05, 0.1) is 14.2 Å². The Kier molecular flexibility index (Phi) is 3.85. The van der Waals surface area contributed by atoms with Crippen LogP contribution < -0.4 is 0 Å². The highest BCUT2D eigenvalue weighted by atomic mass is 79.9. The van der Waals surface area contributed by atoms with Crippen molar-refractivity contribution in [2.24, 2.45) is 0 Å². The van der Waals surface area contributed by atoms with Crippen LogP contribution in [0.15, 0.2) is 28.1 Å². The number of rotatable bonds is 3. The lowest BCUT2D eigenvalue weighted by Crippen LogP contribution is -1.97. The van der Waals surface area contributed by atoms with Crippen molar-refractivity contribution in [3.05, 3.63) is 42.1 Å². The SMILES string of the molecule is OC(Cc1ccc(Cl)s1)c1ccc(Br)s1. The molecule has 15 heavy (non-hydrogen) atoms. The number of aliphatic hydroxyl groups excluding tert-OH is 1. The van der Waals surface area contributed by atoms with E-state index in [2.05, 4.69) is 15.9 Å². The number of hydrogen-bond acceptors (Lipinski definition) is 3. The second kappa shape index (κ2) is 4.97. The van der Waals surface area contributed by atoms with E-state index in [9.17, 15) is 5.11 Å². The number of hydrogen-bond donors (Lipinski definition) is 1. The van der Waals surface area contributed by atoms with Gasteiger partial charge in [-0.2, -0.15) is 0 Å². The van der Waals surface area contributed by atoms with Gasteiger partial charge in [0.2, 0.25) is 0 Å². The van der Waals surface area contributed by atoms with Gasteiger partial charge in [0.25, 0.3) is 0 Å². The highest BCUT2D eigenvalue weighted by molar-refractivity contribution is 9.11. The van der Waals surface area contributed by atoms with Crippen LogP contribution in [0.1, 0.15) is 15.9 Å². The highest BCUT2D eigenvalue weighted by Crippen LogP contribution is 2.31. The van der Waals surface area contributed by atoms with E-state index >= 15 is 0 Å². The molecule has 1 atom stereocenters. The van der Waals surface area contributed by atoms with E-state index in [0.29, 0.717) is 6.42 Å². The van der Waals surface area contributed by atoms with Crippen LogP contribution in [0.3, 0.4) is 0 Å². The van der Waals surface area contributed by atoms with E-state index in [0.717, 1.165) is 17.9 Å². The zero-order chi connectivity index (χ0) is 10.8. The van der Waals surface area contributed by atoms with Crippen LogP contribution in [0.2, 0.25) is 4.34 Å². The molecule has 1 nitrogen and oxygen atoms in total. The van der Waals surface area contributed by atoms with Crippen molar-refractivity contribution in [3.63, 3.8) is 0 Å². The fraction of sp³-hybridized carbons (Fsp3) is 0.200. The van der Waals surface area contributed by atoms with Gasteiger partial charge in [-0.3, -0.25) is 0 Å². The Balaban J connectivity index is 2.06. The predicted octanol–water partition coefficient (Wildman–Crippen LogP) is 4.50. The van der Waals surface area contributed by atoms with Crippen molar-refractivity contribution in [2.75, 3.05) is 0 Å². The second-order valence-corrected chi connectivity index (χ2v) is 7.36. The smallest absolute Gasteiger partial charge is 0.0931 e. The van der Waals surface area contributed by atoms with Crippen LogP contribution in [-0.4, -0.2) is 5.11 Å². The molecule has 2 rings (SSSR count). The summed E-state index contributed by atoms with van der Waals surface area (Å²) in [4.78, 5) is 2.09. The molecule has 0 saturated heterocycles. The Morgan fingerprint density at radius 3 is 2.60 bits per heavy atom. The fourth-order valence-corrected chi connectivity index (χ4v) is 3.79. The van der Waals surface area contributed by atoms with Crippen LogP contribution in [0.4, 0.5) is 0 Å². The van der Waals surface area contributed by atoms with Crippen molar-refractivity contribution in [3.8, 4) is 0 Å². The normalized spacial score (nSPS) is 13.0. The van der Waals surface area contributed by atoms with Crippen LogP contribution in [0.25, 0.3) is 0 Å². The van der Waals surface area contributed by atoms with E-state index in [1.165, 1.54) is 11.3 Å². The second-order valence-electron chi connectivity index (χ2n) is 3.07. The summed E-state index contributed by atoms with van der Waals surface area (Å²) in [5, 5.41) is 9.95. The number of halogens is 2. The third-order valence-corrected chi connectivity index (χ3v) is 4.92. The van der Waals surface area contributed by atoms with E-state index in [1.807, 2.05) is 24.3 Å². The standard InChI is InChI=1S/C10H8BrClOS2/c11-9-3-2-8(15-9)7(13)5-6-1-4-10(12)14-6/h1-4,7,13H,5H2. The summed E-state index contributed by atoms with van der Waals surface area (Å²) >= 11 is 12.3. The van der Waals surface area contributed by atoms with Crippen molar-refractivity contribution in [2.45, 2.75) is 12.5 Å². The molecular weight excluding hydrogens is 316 g/mol. The van der Waals surface area contributed by atoms with Crippen molar-refractivity contribution >= 4 is 50.2 Å². The molecule has 5 heteroatoms. The van der Waals surface area contributed by atoms with Crippen LogP contribution in [0.5, 0.6) is 0 Å². The number of aliphatic hydroxyl groups is 1. The minimum absolute atomic E-state index is 0.434. The average molecular weight is 324 g/mol. The maximum atomic E-state index is 9.95. The Hall–Kier alpha value is 0.130. The highest BCUT2D eigenvalue weighted by Gasteiger charge is 2.12. The minimum Gasteiger partial charge on any atom is -0.387 e. The summed E-state index contributed by atoms with van der Waals surface area (Å²) in [5.74, 6) is 0. The van der Waals surface area contributed by atoms with E-state index in [-0.39, 0.29) is 0 Å². The molecule has 0 fully saturated rings. The Bertz CT molecular complexity index is 452. The first-order valence-electron chi connectivity index (χ1n) is 4.32. The van der Waals surface area contributed by atoms with Gasteiger partial charge in [0.1, 0.15) is 0 Å². The molecule has 1 unspecified atom stereocenters. The molecule has 1 N–H and O–H groups in total. The molecule has 0 aliphatic rings. The first kappa shape index (κ1) is 11.6. The maximum absolute atomic E-state index is 9.95. The molecule has 0 spiro atoms. The van der Waals surface area contributed by atoms with E-state index in [4.69, 9.17) is 11.6 Å². The quantitative estimate of drug-likeness (QED) is 0.881. The van der Waals surface area contributed by atoms with Gasteiger partial charge in [-0.1, -0.05) is 11.6 Å². The summed E-state index contributed by atoms with van der Waals surface area (Å²) in [7, 11) is 0. The summed E-state index contributed by atoms with van der Waals surface area (Å²) in [6.45, 7) is 0. The molecule has 2 heterocycles. The summed E-state index contributed by atoms with van der Waals surface area (Å²) in [6.07, 6.45) is 0.195. The summed E-state index contributed by atoms with van der Waals surface area (Å²) < 4.78 is 1.81. The molecule has 0 aromatic carbocycles. The summed E-state index contributed by atoms with van der Waals surface area (Å²) in [6, 6.07) is 7.71. The van der Waals surface area contributed by atoms with E-state index < -0.39 is 6.10 Å². The largest absolute Gasteiger partial charge is 0.387 e. The first-order chi connectivity index (χ1) is 7.15. The van der Waals surface area contributed by atoms with E-state index in [1.54, 1.807) is 11.3 Å². The average Bonchev–Trinajstić information content (AvgIpc) is 2.75. The Morgan fingerprint density at radius 2 is 2.07 bits per heavy atom. The van der Waals surface area contributed by atoms with Gasteiger partial charge >= 0.3 is 0 Å². The zero-order valence-corrected chi connectivity index (χ0v) is 11.6. The lowest BCUT2D eigenvalue weighted by atomic mass is 10.2. The molecule has 0 saturated carbocycles. The van der Waals surface area contributed by atoms with Crippen molar-refractivity contribution in [1.29, 1.82) is 0 Å². The molecule has 0 radical (unpaired) electrons. The topological polar surface area (TPSA) is 20.2 Å². The Morgan fingerprint density at radius 1 is 1.27 bits per heavy atom. The van der Waals surface area contributed by atoms with Gasteiger partial charge < -0.3 is 5.11 Å². The molecular formula is C10H8BrClOS2. The van der Waals surface area contributed by atoms with Gasteiger partial charge in [-0.25, -0.2) is 0 Å². The van der Waals surface area contributed by atoms with Crippen molar-refractivity contribution < 1.29 is 5.11 Å². The minimum atomic E-state index is -0.434. The Labute approximate surface area is 109 Å². The van der Waals surface area contributed by atoms with Gasteiger partial charge in [0.15, 0.2) is 0 Å². The van der Waals surface area contributed by atoms with Crippen LogP contribution >= 0.6 is 50.2 Å². The monoisotopic (exact) mass is 322 g/mol. The lowest BCUT2D eigenvalue weighted by Gasteiger charge is -2.05. The molecule has 0 aliphatic heterocycles. The van der Waals surface area contributed by atoms with Gasteiger partial charge in [-0.15, -0.1) is 22.7 Å². The zero-order valence-electron chi connectivity index (χ0n) is 7.61. The third-order valence-electron chi connectivity index (χ3n) is 1.95. The maximum Gasteiger partial charge on any atom is 0.0931 e. The van der Waals surface area contributed by atoms with Gasteiger partial charge in [0, 0.05) is 16.2 Å². The fourth-order valence-electron chi connectivity index (χ4n) is 1.26. The third kappa shape index (κ3) is 3.04.